The highest BCUT2D eigenvalue weighted by molar-refractivity contribution is 5.09. The van der Waals surface area contributed by atoms with E-state index >= 15 is 0 Å². The Bertz CT molecular complexity index is 1030. The molecule has 0 spiro atoms. The predicted octanol–water partition coefficient (Wildman–Crippen LogP) is -3.67. The van der Waals surface area contributed by atoms with Crippen LogP contribution in [0.5, 0.6) is 0 Å². The minimum absolute atomic E-state index is 0.0550. The predicted molar refractivity (Wildman–Crippen MR) is 154 cm³/mol. The fourth-order valence-corrected chi connectivity index (χ4v) is 6.44. The van der Waals surface area contributed by atoms with Crippen LogP contribution >= 0.6 is 0 Å². The van der Waals surface area contributed by atoms with Gasteiger partial charge in [-0.05, 0) is 25.2 Å². The van der Waals surface area contributed by atoms with Gasteiger partial charge in [0, 0.05) is 30.2 Å². The van der Waals surface area contributed by atoms with E-state index in [-0.39, 0.29) is 31.3 Å². The van der Waals surface area contributed by atoms with Crippen molar-refractivity contribution in [1.82, 2.24) is 15.0 Å². The van der Waals surface area contributed by atoms with Gasteiger partial charge in [-0.1, -0.05) is 32.9 Å². The molecule has 0 bridgehead atoms. The number of ether oxygens (including phenoxy) is 4. The largest absolute Gasteiger partial charge is 0.390 e. The van der Waals surface area contributed by atoms with Gasteiger partial charge in [0.2, 0.25) is 0 Å². The van der Waals surface area contributed by atoms with Crippen LogP contribution in [0.2, 0.25) is 0 Å². The molecule has 1 aromatic rings. The SMILES string of the molecule is CC(C)CC(C)(C)c1cn(CC2OC(OC3C(N)CC(N)C(OC4OC(CN)C(O)CC4N)C3O)C(O)C(N)C2O)nn1. The van der Waals surface area contributed by atoms with Crippen LogP contribution in [-0.2, 0) is 30.9 Å². The van der Waals surface area contributed by atoms with Crippen molar-refractivity contribution in [2.24, 2.45) is 34.6 Å². The van der Waals surface area contributed by atoms with Gasteiger partial charge in [0.05, 0.1) is 42.6 Å². The summed E-state index contributed by atoms with van der Waals surface area (Å²) < 4.78 is 25.4. The molecule has 3 fully saturated rings. The molecule has 14 atom stereocenters. The van der Waals surface area contributed by atoms with E-state index in [4.69, 9.17) is 47.6 Å². The molecule has 3 aliphatic rings. The number of aliphatic hydroxyl groups is 4. The lowest BCUT2D eigenvalue weighted by Crippen LogP contribution is -2.68. The molecule has 248 valence electrons. The summed E-state index contributed by atoms with van der Waals surface area (Å²) in [5.74, 6) is 0.463. The summed E-state index contributed by atoms with van der Waals surface area (Å²) in [7, 11) is 0. The van der Waals surface area contributed by atoms with Crippen LogP contribution < -0.4 is 28.7 Å². The minimum atomic E-state index is -1.43. The Morgan fingerprint density at radius 2 is 1.51 bits per heavy atom. The van der Waals surface area contributed by atoms with Gasteiger partial charge < -0.3 is 68.0 Å². The number of aliphatic hydroxyl groups excluding tert-OH is 4. The number of rotatable bonds is 10. The first-order chi connectivity index (χ1) is 20.1. The molecule has 16 nitrogen and oxygen atoms in total. The van der Waals surface area contributed by atoms with E-state index in [1.807, 2.05) is 0 Å². The molecule has 2 aliphatic heterocycles. The quantitative estimate of drug-likeness (QED) is 0.122. The van der Waals surface area contributed by atoms with Gasteiger partial charge in [-0.15, -0.1) is 5.10 Å². The second-order valence-electron chi connectivity index (χ2n) is 13.4. The Morgan fingerprint density at radius 3 is 2.12 bits per heavy atom. The summed E-state index contributed by atoms with van der Waals surface area (Å²) in [5, 5.41) is 51.7. The summed E-state index contributed by atoms with van der Waals surface area (Å²) >= 11 is 0. The molecule has 1 aliphatic carbocycles. The van der Waals surface area contributed by atoms with Gasteiger partial charge in [-0.25, -0.2) is 4.68 Å². The van der Waals surface area contributed by atoms with Crippen molar-refractivity contribution in [1.29, 1.82) is 0 Å². The van der Waals surface area contributed by atoms with E-state index in [1.165, 1.54) is 0 Å². The number of aromatic nitrogens is 3. The van der Waals surface area contributed by atoms with Crippen molar-refractivity contribution in [2.45, 2.75) is 144 Å². The van der Waals surface area contributed by atoms with Crippen molar-refractivity contribution in [3.63, 3.8) is 0 Å². The van der Waals surface area contributed by atoms with Crippen LogP contribution in [0.15, 0.2) is 6.20 Å². The van der Waals surface area contributed by atoms with Crippen LogP contribution in [-0.4, -0.2) is 128 Å². The van der Waals surface area contributed by atoms with Gasteiger partial charge in [0.25, 0.3) is 0 Å². The molecule has 1 aromatic heterocycles. The second kappa shape index (κ2) is 13.9. The van der Waals surface area contributed by atoms with E-state index in [2.05, 4.69) is 38.0 Å². The van der Waals surface area contributed by atoms with E-state index < -0.39 is 85.6 Å². The lowest BCUT2D eigenvalue weighted by molar-refractivity contribution is -0.313. The zero-order valence-corrected chi connectivity index (χ0v) is 25.4. The average Bonchev–Trinajstić information content (AvgIpc) is 3.40. The van der Waals surface area contributed by atoms with Crippen LogP contribution in [0.25, 0.3) is 0 Å². The molecule has 2 saturated heterocycles. The number of hydrogen-bond acceptors (Lipinski definition) is 15. The first-order valence-corrected chi connectivity index (χ1v) is 15.1. The van der Waals surface area contributed by atoms with Gasteiger partial charge in [0.15, 0.2) is 12.6 Å². The normalized spacial score (nSPS) is 42.8. The molecule has 14 N–H and O–H groups in total. The first-order valence-electron chi connectivity index (χ1n) is 15.1. The van der Waals surface area contributed by atoms with Crippen molar-refractivity contribution in [3.05, 3.63) is 11.9 Å². The number of nitrogens with zero attached hydrogens (tertiary/aromatic N) is 3. The Labute approximate surface area is 252 Å². The molecule has 3 heterocycles. The fourth-order valence-electron chi connectivity index (χ4n) is 6.44. The minimum Gasteiger partial charge on any atom is -0.390 e. The molecule has 1 saturated carbocycles. The van der Waals surface area contributed by atoms with Gasteiger partial charge in [-0.3, -0.25) is 0 Å². The molecule has 4 rings (SSSR count). The Balaban J connectivity index is 1.45. The molecule has 0 aromatic carbocycles. The van der Waals surface area contributed by atoms with Crippen molar-refractivity contribution < 1.29 is 39.4 Å². The van der Waals surface area contributed by atoms with Crippen LogP contribution in [0, 0.1) is 5.92 Å². The topological polar surface area (TPSA) is 279 Å². The third-order valence-corrected chi connectivity index (χ3v) is 8.75. The van der Waals surface area contributed by atoms with Gasteiger partial charge in [-0.2, -0.15) is 0 Å². The molecular formula is C27H52N8O8. The second-order valence-corrected chi connectivity index (χ2v) is 13.4. The zero-order valence-electron chi connectivity index (χ0n) is 25.4. The molecular weight excluding hydrogens is 564 g/mol. The Kier molecular flexibility index (Phi) is 11.2. The smallest absolute Gasteiger partial charge is 0.186 e. The van der Waals surface area contributed by atoms with Gasteiger partial charge in [0.1, 0.15) is 30.5 Å². The van der Waals surface area contributed by atoms with Crippen LogP contribution in [0.1, 0.15) is 52.7 Å². The van der Waals surface area contributed by atoms with Crippen molar-refractivity contribution >= 4 is 0 Å². The molecule has 14 unspecified atom stereocenters. The maximum Gasteiger partial charge on any atom is 0.186 e. The molecule has 16 heteroatoms. The molecule has 0 amide bonds. The highest BCUT2D eigenvalue weighted by Crippen LogP contribution is 2.32. The maximum atomic E-state index is 11.3. The summed E-state index contributed by atoms with van der Waals surface area (Å²) in [6.07, 6.45) is -7.79. The number of nitrogens with two attached hydrogens (primary N) is 5. The van der Waals surface area contributed by atoms with E-state index in [9.17, 15) is 20.4 Å². The van der Waals surface area contributed by atoms with Crippen LogP contribution in [0.4, 0.5) is 0 Å². The Morgan fingerprint density at radius 1 is 0.907 bits per heavy atom. The fraction of sp³-hybridized carbons (Fsp3) is 0.926. The average molecular weight is 617 g/mol. The third-order valence-electron chi connectivity index (χ3n) is 8.75. The highest BCUT2D eigenvalue weighted by Gasteiger charge is 2.50. The highest BCUT2D eigenvalue weighted by atomic mass is 16.7. The zero-order chi connectivity index (χ0) is 31.8. The van der Waals surface area contributed by atoms with E-state index in [0.717, 1.165) is 12.1 Å². The standard InChI is InChI=1S/C27H52N8O8/c1-11(2)7-27(3,4)18-10-35(34-33-18)9-17-20(37)19(32)21(38)26(41-17)43-24-13(30)5-12(29)23(22(24)39)42-25-14(31)6-15(36)16(8-28)40-25/h10-17,19-26,36-39H,5-9,28-32H2,1-4H3. The van der Waals surface area contributed by atoms with E-state index in [0.29, 0.717) is 5.92 Å². The lowest BCUT2D eigenvalue weighted by atomic mass is 9.81. The van der Waals surface area contributed by atoms with Crippen molar-refractivity contribution in [2.75, 3.05) is 6.54 Å². The third kappa shape index (κ3) is 7.71. The summed E-state index contributed by atoms with van der Waals surface area (Å²) in [6.45, 7) is 8.62. The van der Waals surface area contributed by atoms with Crippen molar-refractivity contribution in [3.8, 4) is 0 Å². The maximum absolute atomic E-state index is 11.3. The number of hydrogen-bond donors (Lipinski definition) is 9. The summed E-state index contributed by atoms with van der Waals surface area (Å²) in [4.78, 5) is 0. The van der Waals surface area contributed by atoms with Crippen LogP contribution in [0.3, 0.4) is 0 Å². The summed E-state index contributed by atoms with van der Waals surface area (Å²) in [5.41, 5.74) is 31.3. The monoisotopic (exact) mass is 616 g/mol. The lowest BCUT2D eigenvalue weighted by Gasteiger charge is -2.48. The van der Waals surface area contributed by atoms with E-state index in [1.54, 1.807) is 10.9 Å². The summed E-state index contributed by atoms with van der Waals surface area (Å²) in [6, 6.07) is -3.25. The van der Waals surface area contributed by atoms with Gasteiger partial charge >= 0.3 is 0 Å². The molecule has 43 heavy (non-hydrogen) atoms. The Hall–Kier alpha value is -1.38. The molecule has 0 radical (unpaired) electrons. The first kappa shape index (κ1) is 34.5.